The molecule has 104 valence electrons. The molecular formula is C14H14N2O4. The van der Waals surface area contributed by atoms with Gasteiger partial charge in [-0.05, 0) is 18.1 Å². The number of para-hydroxylation sites is 1. The molecule has 0 bridgehead atoms. The number of nitrogens with zero attached hydrogens (tertiary/aromatic N) is 2. The van der Waals surface area contributed by atoms with Gasteiger partial charge in [0.2, 0.25) is 5.89 Å². The zero-order valence-corrected chi connectivity index (χ0v) is 11.0. The van der Waals surface area contributed by atoms with Crippen LogP contribution in [0.15, 0.2) is 28.7 Å². The molecule has 1 aromatic carbocycles. The van der Waals surface area contributed by atoms with Crippen LogP contribution in [0.4, 0.5) is 0 Å². The van der Waals surface area contributed by atoms with Crippen LogP contribution in [0.3, 0.4) is 0 Å². The van der Waals surface area contributed by atoms with Gasteiger partial charge < -0.3 is 13.9 Å². The Hall–Kier alpha value is -2.37. The zero-order valence-electron chi connectivity index (χ0n) is 11.0. The van der Waals surface area contributed by atoms with Crippen LogP contribution in [0, 0.1) is 12.8 Å². The van der Waals surface area contributed by atoms with E-state index < -0.39 is 0 Å². The number of fused-ring (bicyclic) bond motifs is 1. The summed E-state index contributed by atoms with van der Waals surface area (Å²) in [6.45, 7) is 2.01. The van der Waals surface area contributed by atoms with Gasteiger partial charge in [-0.2, -0.15) is 0 Å². The molecule has 0 fully saturated rings. The maximum Gasteiger partial charge on any atom is 0.313 e. The molecular weight excluding hydrogens is 260 g/mol. The lowest BCUT2D eigenvalue weighted by atomic mass is 9.97. The summed E-state index contributed by atoms with van der Waals surface area (Å²) >= 11 is 0. The minimum atomic E-state index is -0.310. The minimum absolute atomic E-state index is 0.00216. The van der Waals surface area contributed by atoms with Crippen LogP contribution in [0.2, 0.25) is 0 Å². The third-order valence-electron chi connectivity index (χ3n) is 3.12. The molecule has 0 N–H and O–H groups in total. The van der Waals surface area contributed by atoms with Gasteiger partial charge >= 0.3 is 5.97 Å². The zero-order chi connectivity index (χ0) is 13.9. The largest absolute Gasteiger partial charge is 0.492 e. The molecule has 1 aliphatic heterocycles. The second-order valence-corrected chi connectivity index (χ2v) is 4.64. The van der Waals surface area contributed by atoms with Gasteiger partial charge in [-0.25, -0.2) is 0 Å². The van der Waals surface area contributed by atoms with Crippen molar-refractivity contribution in [3.8, 4) is 5.75 Å². The second-order valence-electron chi connectivity index (χ2n) is 4.64. The highest BCUT2D eigenvalue weighted by Gasteiger charge is 2.27. The standard InChI is InChI=1S/C14H14N2O4/c1-9-15-16-13(20-9)8-19-14(17)11-6-10-4-2-3-5-12(10)18-7-11/h2-5,11H,6-8H2,1H3. The van der Waals surface area contributed by atoms with Crippen LogP contribution >= 0.6 is 0 Å². The predicted octanol–water partition coefficient (Wildman–Crippen LogP) is 1.67. The molecule has 6 nitrogen and oxygen atoms in total. The summed E-state index contributed by atoms with van der Waals surface area (Å²) in [5.41, 5.74) is 1.02. The summed E-state index contributed by atoms with van der Waals surface area (Å²) in [6.07, 6.45) is 0.623. The van der Waals surface area contributed by atoms with Crippen LogP contribution in [0.1, 0.15) is 17.3 Å². The topological polar surface area (TPSA) is 74.5 Å². The van der Waals surface area contributed by atoms with E-state index in [2.05, 4.69) is 10.2 Å². The number of benzene rings is 1. The molecule has 2 heterocycles. The van der Waals surface area contributed by atoms with E-state index >= 15 is 0 Å². The SMILES string of the molecule is Cc1nnc(COC(=O)C2COc3ccccc3C2)o1. The molecule has 0 saturated heterocycles. The average Bonchev–Trinajstić information content (AvgIpc) is 2.90. The van der Waals surface area contributed by atoms with Crippen LogP contribution in [-0.2, 0) is 22.6 Å². The first-order valence-corrected chi connectivity index (χ1v) is 6.38. The number of aryl methyl sites for hydroxylation is 1. The summed E-state index contributed by atoms with van der Waals surface area (Å²) in [4.78, 5) is 12.0. The van der Waals surface area contributed by atoms with Crippen molar-refractivity contribution in [1.82, 2.24) is 10.2 Å². The van der Waals surface area contributed by atoms with E-state index in [4.69, 9.17) is 13.9 Å². The quantitative estimate of drug-likeness (QED) is 0.793. The van der Waals surface area contributed by atoms with E-state index in [1.807, 2.05) is 24.3 Å². The first kappa shape index (κ1) is 12.7. The molecule has 1 aromatic heterocycles. The van der Waals surface area contributed by atoms with Crippen molar-refractivity contribution in [2.75, 3.05) is 6.61 Å². The molecule has 1 aliphatic rings. The van der Waals surface area contributed by atoms with Crippen molar-refractivity contribution in [1.29, 1.82) is 0 Å². The highest BCUT2D eigenvalue weighted by molar-refractivity contribution is 5.73. The predicted molar refractivity (Wildman–Crippen MR) is 68.0 cm³/mol. The molecule has 0 radical (unpaired) electrons. The number of hydrogen-bond donors (Lipinski definition) is 0. The summed E-state index contributed by atoms with van der Waals surface area (Å²) in [6, 6.07) is 7.70. The molecule has 3 rings (SSSR count). The van der Waals surface area contributed by atoms with E-state index in [0.29, 0.717) is 24.8 Å². The number of carbonyl (C=O) groups excluding carboxylic acids is 1. The molecule has 2 aromatic rings. The van der Waals surface area contributed by atoms with Gasteiger partial charge in [0.25, 0.3) is 5.89 Å². The number of carbonyl (C=O) groups is 1. The average molecular weight is 274 g/mol. The molecule has 20 heavy (non-hydrogen) atoms. The Morgan fingerprint density at radius 2 is 2.25 bits per heavy atom. The number of hydrogen-bond acceptors (Lipinski definition) is 6. The molecule has 0 aliphatic carbocycles. The molecule has 1 atom stereocenters. The summed E-state index contributed by atoms with van der Waals surface area (Å²) in [5, 5.41) is 7.45. The maximum absolute atomic E-state index is 12.0. The fourth-order valence-electron chi connectivity index (χ4n) is 2.13. The molecule has 0 amide bonds. The van der Waals surface area contributed by atoms with Crippen molar-refractivity contribution in [2.45, 2.75) is 20.0 Å². The maximum atomic E-state index is 12.0. The van der Waals surface area contributed by atoms with Gasteiger partial charge in [0.15, 0.2) is 6.61 Å². The summed E-state index contributed by atoms with van der Waals surface area (Å²) in [7, 11) is 0. The van der Waals surface area contributed by atoms with Crippen molar-refractivity contribution < 1.29 is 18.7 Å². The fourth-order valence-corrected chi connectivity index (χ4v) is 2.13. The number of ether oxygens (including phenoxy) is 2. The first-order chi connectivity index (χ1) is 9.72. The minimum Gasteiger partial charge on any atom is -0.492 e. The molecule has 0 saturated carbocycles. The Morgan fingerprint density at radius 3 is 3.05 bits per heavy atom. The number of aromatic nitrogens is 2. The van der Waals surface area contributed by atoms with E-state index in [0.717, 1.165) is 11.3 Å². The van der Waals surface area contributed by atoms with Gasteiger partial charge in [-0.15, -0.1) is 10.2 Å². The van der Waals surface area contributed by atoms with E-state index in [-0.39, 0.29) is 18.5 Å². The molecule has 0 spiro atoms. The Kier molecular flexibility index (Phi) is 3.37. The van der Waals surface area contributed by atoms with E-state index in [9.17, 15) is 4.79 Å². The lowest BCUT2D eigenvalue weighted by molar-refractivity contribution is -0.152. The van der Waals surface area contributed by atoms with Gasteiger partial charge in [-0.1, -0.05) is 18.2 Å². The van der Waals surface area contributed by atoms with Crippen LogP contribution in [-0.4, -0.2) is 22.8 Å². The van der Waals surface area contributed by atoms with Crippen molar-refractivity contribution in [3.05, 3.63) is 41.6 Å². The Labute approximate surface area is 115 Å². The van der Waals surface area contributed by atoms with Gasteiger partial charge in [0.1, 0.15) is 12.4 Å². The van der Waals surface area contributed by atoms with Crippen LogP contribution < -0.4 is 4.74 Å². The van der Waals surface area contributed by atoms with Crippen LogP contribution in [0.5, 0.6) is 5.75 Å². The second kappa shape index (κ2) is 5.32. The Balaban J connectivity index is 1.59. The highest BCUT2D eigenvalue weighted by atomic mass is 16.5. The third-order valence-corrected chi connectivity index (χ3v) is 3.12. The van der Waals surface area contributed by atoms with Crippen molar-refractivity contribution in [3.63, 3.8) is 0 Å². The summed E-state index contributed by atoms with van der Waals surface area (Å²) in [5.74, 6) is 0.979. The Morgan fingerprint density at radius 1 is 1.40 bits per heavy atom. The van der Waals surface area contributed by atoms with E-state index in [1.165, 1.54) is 0 Å². The summed E-state index contributed by atoms with van der Waals surface area (Å²) < 4.78 is 15.9. The normalized spacial score (nSPS) is 17.1. The lowest BCUT2D eigenvalue weighted by Gasteiger charge is -2.23. The fraction of sp³-hybridized carbons (Fsp3) is 0.357. The number of rotatable bonds is 3. The van der Waals surface area contributed by atoms with Gasteiger partial charge in [-0.3, -0.25) is 4.79 Å². The van der Waals surface area contributed by atoms with Gasteiger partial charge in [0, 0.05) is 6.92 Å². The molecule has 1 unspecified atom stereocenters. The lowest BCUT2D eigenvalue weighted by Crippen LogP contribution is -2.29. The first-order valence-electron chi connectivity index (χ1n) is 6.38. The van der Waals surface area contributed by atoms with Crippen LogP contribution in [0.25, 0.3) is 0 Å². The highest BCUT2D eigenvalue weighted by Crippen LogP contribution is 2.27. The van der Waals surface area contributed by atoms with E-state index in [1.54, 1.807) is 6.92 Å². The molecule has 6 heteroatoms. The van der Waals surface area contributed by atoms with Crippen molar-refractivity contribution in [2.24, 2.45) is 5.92 Å². The monoisotopic (exact) mass is 274 g/mol. The van der Waals surface area contributed by atoms with Crippen molar-refractivity contribution >= 4 is 5.97 Å². The van der Waals surface area contributed by atoms with Gasteiger partial charge in [0.05, 0.1) is 5.92 Å². The third kappa shape index (κ3) is 2.64. The number of esters is 1. The Bertz CT molecular complexity index is 623. The smallest absolute Gasteiger partial charge is 0.313 e.